The van der Waals surface area contributed by atoms with Crippen LogP contribution in [0.5, 0.6) is 0 Å². The molecule has 1 rings (SSSR count). The molecule has 0 aliphatic rings. The summed E-state index contributed by atoms with van der Waals surface area (Å²) >= 11 is 17.6. The molecule has 0 spiro atoms. The quantitative estimate of drug-likeness (QED) is 0.700. The second-order valence-corrected chi connectivity index (χ2v) is 4.95. The summed E-state index contributed by atoms with van der Waals surface area (Å²) < 4.78 is 0. The lowest BCUT2D eigenvalue weighted by molar-refractivity contribution is -0.146. The number of rotatable bonds is 6. The van der Waals surface area contributed by atoms with Gasteiger partial charge in [0.05, 0.1) is 16.5 Å². The molecular weight excluding hydrogens is 316 g/mol. The summed E-state index contributed by atoms with van der Waals surface area (Å²) in [5.74, 6) is -2.47. The van der Waals surface area contributed by atoms with Gasteiger partial charge < -0.3 is 10.2 Å². The number of aliphatic carboxylic acids is 2. The highest BCUT2D eigenvalue weighted by Gasteiger charge is 2.20. The minimum atomic E-state index is -1.26. The van der Waals surface area contributed by atoms with Gasteiger partial charge in [-0.05, 0) is 17.7 Å². The van der Waals surface area contributed by atoms with Gasteiger partial charge in [0.2, 0.25) is 0 Å². The number of carboxylic acids is 2. The number of carboxylic acid groups (broad SMARTS) is 2. The van der Waals surface area contributed by atoms with Gasteiger partial charge in [-0.25, -0.2) is 0 Å². The van der Waals surface area contributed by atoms with Crippen molar-refractivity contribution < 1.29 is 19.8 Å². The highest BCUT2D eigenvalue weighted by Crippen LogP contribution is 2.29. The molecule has 0 aromatic heterocycles. The van der Waals surface area contributed by atoms with Gasteiger partial charge in [0.1, 0.15) is 6.04 Å². The smallest absolute Gasteiger partial charge is 0.321 e. The van der Waals surface area contributed by atoms with Crippen molar-refractivity contribution in [1.82, 2.24) is 5.32 Å². The van der Waals surface area contributed by atoms with Gasteiger partial charge in [-0.15, -0.1) is 0 Å². The maximum absolute atomic E-state index is 10.9. The zero-order chi connectivity index (χ0) is 14.6. The third-order valence-corrected chi connectivity index (χ3v) is 3.34. The van der Waals surface area contributed by atoms with Crippen LogP contribution in [0.15, 0.2) is 12.1 Å². The molecule has 0 aliphatic heterocycles. The molecule has 0 bridgehead atoms. The normalized spacial score (nSPS) is 12.2. The van der Waals surface area contributed by atoms with Gasteiger partial charge in [0.15, 0.2) is 0 Å². The second kappa shape index (κ2) is 6.96. The molecule has 0 heterocycles. The first-order valence-electron chi connectivity index (χ1n) is 5.12. The summed E-state index contributed by atoms with van der Waals surface area (Å²) in [5, 5.41) is 20.9. The fourth-order valence-corrected chi connectivity index (χ4v) is 2.10. The summed E-state index contributed by atoms with van der Waals surface area (Å²) in [6, 6.07) is 1.77. The Kier molecular flexibility index (Phi) is 5.87. The van der Waals surface area contributed by atoms with Crippen molar-refractivity contribution in [3.05, 3.63) is 32.8 Å². The Morgan fingerprint density at radius 1 is 1.21 bits per heavy atom. The van der Waals surface area contributed by atoms with Gasteiger partial charge in [0.25, 0.3) is 0 Å². The highest BCUT2D eigenvalue weighted by atomic mass is 35.5. The monoisotopic (exact) mass is 325 g/mol. The van der Waals surface area contributed by atoms with E-state index in [0.717, 1.165) is 0 Å². The molecule has 0 saturated carbocycles. The summed E-state index contributed by atoms with van der Waals surface area (Å²) in [7, 11) is 0. The number of hydrogen-bond acceptors (Lipinski definition) is 3. The SMILES string of the molecule is O=C(O)C[C@@H](NCc1cc(Cl)cc(Cl)c1Cl)C(=O)O. The largest absolute Gasteiger partial charge is 0.481 e. The second-order valence-electron chi connectivity index (χ2n) is 3.73. The average Bonchev–Trinajstić information content (AvgIpc) is 2.29. The van der Waals surface area contributed by atoms with Gasteiger partial charge in [-0.1, -0.05) is 34.8 Å². The molecular formula is C11H10Cl3NO4. The maximum Gasteiger partial charge on any atom is 0.321 e. The third-order valence-electron chi connectivity index (χ3n) is 2.28. The predicted octanol–water partition coefficient (Wildman–Crippen LogP) is 2.66. The van der Waals surface area contributed by atoms with Crippen LogP contribution >= 0.6 is 34.8 Å². The number of nitrogens with one attached hydrogen (secondary N) is 1. The zero-order valence-corrected chi connectivity index (χ0v) is 11.8. The topological polar surface area (TPSA) is 86.6 Å². The lowest BCUT2D eigenvalue weighted by atomic mass is 10.1. The van der Waals surface area contributed by atoms with Crippen molar-refractivity contribution >= 4 is 46.7 Å². The Hall–Kier alpha value is -1.01. The predicted molar refractivity (Wildman–Crippen MR) is 72.0 cm³/mol. The minimum absolute atomic E-state index is 0.0450. The fraction of sp³-hybridized carbons (Fsp3) is 0.273. The van der Waals surface area contributed by atoms with Crippen LogP contribution in [0, 0.1) is 0 Å². The van der Waals surface area contributed by atoms with E-state index in [0.29, 0.717) is 10.6 Å². The van der Waals surface area contributed by atoms with Crippen molar-refractivity contribution in [3.63, 3.8) is 0 Å². The molecule has 1 aromatic carbocycles. The van der Waals surface area contributed by atoms with Crippen LogP contribution in [0.25, 0.3) is 0 Å². The Balaban J connectivity index is 2.79. The standard InChI is InChI=1S/C11H10Cl3NO4/c12-6-1-5(10(14)7(13)2-6)4-15-8(11(18)19)3-9(16)17/h1-2,8,15H,3-4H2,(H,16,17)(H,18,19)/t8-/m1/s1. The third kappa shape index (κ3) is 4.87. The summed E-state index contributed by atoms with van der Waals surface area (Å²) in [6.45, 7) is 0.0450. The molecule has 0 saturated heterocycles. The molecule has 0 fully saturated rings. The number of carbonyl (C=O) groups is 2. The molecule has 1 aromatic rings. The fourth-order valence-electron chi connectivity index (χ4n) is 1.39. The average molecular weight is 327 g/mol. The van der Waals surface area contributed by atoms with Crippen LogP contribution in [0.4, 0.5) is 0 Å². The van der Waals surface area contributed by atoms with Crippen molar-refractivity contribution in [2.24, 2.45) is 0 Å². The summed E-state index contributed by atoms with van der Waals surface area (Å²) in [6.07, 6.45) is -0.540. The van der Waals surface area contributed by atoms with Crippen LogP contribution in [-0.4, -0.2) is 28.2 Å². The number of hydrogen-bond donors (Lipinski definition) is 3. The van der Waals surface area contributed by atoms with Gasteiger partial charge in [-0.2, -0.15) is 0 Å². The molecule has 8 heteroatoms. The molecule has 3 N–H and O–H groups in total. The summed E-state index contributed by atoms with van der Waals surface area (Å²) in [5.41, 5.74) is 0.496. The van der Waals surface area contributed by atoms with E-state index in [9.17, 15) is 9.59 Å². The van der Waals surface area contributed by atoms with Gasteiger partial charge in [-0.3, -0.25) is 14.9 Å². The first-order valence-corrected chi connectivity index (χ1v) is 6.26. The molecule has 104 valence electrons. The van der Waals surface area contributed by atoms with Gasteiger partial charge in [0, 0.05) is 11.6 Å². The van der Waals surface area contributed by atoms with Crippen LogP contribution in [0.1, 0.15) is 12.0 Å². The molecule has 0 aliphatic carbocycles. The number of halogens is 3. The summed E-state index contributed by atoms with van der Waals surface area (Å²) in [4.78, 5) is 21.4. The first kappa shape index (κ1) is 16.0. The maximum atomic E-state index is 10.9. The number of benzene rings is 1. The van der Waals surface area contributed by atoms with Crippen LogP contribution in [0.2, 0.25) is 15.1 Å². The molecule has 0 amide bonds. The van der Waals surface area contributed by atoms with E-state index in [-0.39, 0.29) is 16.6 Å². The Morgan fingerprint density at radius 2 is 1.84 bits per heavy atom. The Bertz CT molecular complexity index is 507. The van der Waals surface area contributed by atoms with E-state index >= 15 is 0 Å². The van der Waals surface area contributed by atoms with E-state index in [4.69, 9.17) is 45.0 Å². The van der Waals surface area contributed by atoms with Crippen molar-refractivity contribution in [2.45, 2.75) is 19.0 Å². The highest BCUT2D eigenvalue weighted by molar-refractivity contribution is 6.43. The lowest BCUT2D eigenvalue weighted by Crippen LogP contribution is -2.38. The minimum Gasteiger partial charge on any atom is -0.481 e. The zero-order valence-electron chi connectivity index (χ0n) is 9.49. The van der Waals surface area contributed by atoms with E-state index in [2.05, 4.69) is 5.32 Å². The Labute approximate surface area is 124 Å². The van der Waals surface area contributed by atoms with Crippen LogP contribution in [0.3, 0.4) is 0 Å². The molecule has 1 atom stereocenters. The van der Waals surface area contributed by atoms with Crippen molar-refractivity contribution in [2.75, 3.05) is 0 Å². The van der Waals surface area contributed by atoms with Crippen LogP contribution in [-0.2, 0) is 16.1 Å². The van der Waals surface area contributed by atoms with E-state index in [1.807, 2.05) is 0 Å². The Morgan fingerprint density at radius 3 is 2.37 bits per heavy atom. The molecule has 19 heavy (non-hydrogen) atoms. The van der Waals surface area contributed by atoms with E-state index < -0.39 is 24.4 Å². The van der Waals surface area contributed by atoms with Gasteiger partial charge >= 0.3 is 11.9 Å². The molecule has 5 nitrogen and oxygen atoms in total. The molecule has 0 unspecified atom stereocenters. The van der Waals surface area contributed by atoms with E-state index in [1.165, 1.54) is 12.1 Å². The van der Waals surface area contributed by atoms with Crippen LogP contribution < -0.4 is 5.32 Å². The van der Waals surface area contributed by atoms with Crippen molar-refractivity contribution in [3.8, 4) is 0 Å². The lowest BCUT2D eigenvalue weighted by Gasteiger charge is -2.13. The van der Waals surface area contributed by atoms with E-state index in [1.54, 1.807) is 0 Å². The molecule has 0 radical (unpaired) electrons. The first-order chi connectivity index (χ1) is 8.81. The van der Waals surface area contributed by atoms with Crippen molar-refractivity contribution in [1.29, 1.82) is 0 Å².